The third kappa shape index (κ3) is 5.13. The first kappa shape index (κ1) is 21.7. The van der Waals surface area contributed by atoms with Gasteiger partial charge in [-0.1, -0.05) is 0 Å². The van der Waals surface area contributed by atoms with E-state index in [2.05, 4.69) is 5.32 Å². The quantitative estimate of drug-likeness (QED) is 0.405. The SMILES string of the molecule is COc1cc([N+](=O)[O-])ccc1N1C[C@H](C(=O)OCC(=O)Nc2ccc(F)cc2)CC1=O. The Bertz CT molecular complexity index is 1030. The molecule has 1 heterocycles. The number of halogens is 1. The van der Waals surface area contributed by atoms with E-state index in [9.17, 15) is 28.9 Å². The van der Waals surface area contributed by atoms with Crippen molar-refractivity contribution in [1.82, 2.24) is 0 Å². The second-order valence-electron chi connectivity index (χ2n) is 6.68. The summed E-state index contributed by atoms with van der Waals surface area (Å²) < 4.78 is 23.0. The molecule has 1 aliphatic rings. The van der Waals surface area contributed by atoms with Crippen LogP contribution < -0.4 is 15.0 Å². The van der Waals surface area contributed by atoms with Gasteiger partial charge in [-0.25, -0.2) is 4.39 Å². The molecule has 0 radical (unpaired) electrons. The number of hydrogen-bond acceptors (Lipinski definition) is 7. The lowest BCUT2D eigenvalue weighted by atomic mass is 10.1. The number of nitro groups is 1. The predicted molar refractivity (Wildman–Crippen MR) is 106 cm³/mol. The zero-order valence-electron chi connectivity index (χ0n) is 16.4. The molecule has 162 valence electrons. The van der Waals surface area contributed by atoms with Crippen molar-refractivity contribution in [1.29, 1.82) is 0 Å². The van der Waals surface area contributed by atoms with Gasteiger partial charge in [-0.3, -0.25) is 24.5 Å². The van der Waals surface area contributed by atoms with Gasteiger partial charge in [0.15, 0.2) is 6.61 Å². The predicted octanol–water partition coefficient (Wildman–Crippen LogP) is 2.28. The number of non-ortho nitro benzene ring substituents is 1. The Kier molecular flexibility index (Phi) is 6.43. The summed E-state index contributed by atoms with van der Waals surface area (Å²) in [5.41, 5.74) is 0.438. The molecule has 1 fully saturated rings. The molecule has 0 aromatic heterocycles. The summed E-state index contributed by atoms with van der Waals surface area (Å²) in [7, 11) is 1.31. The van der Waals surface area contributed by atoms with E-state index in [0.717, 1.165) is 0 Å². The fourth-order valence-electron chi connectivity index (χ4n) is 3.09. The zero-order valence-corrected chi connectivity index (χ0v) is 16.4. The summed E-state index contributed by atoms with van der Waals surface area (Å²) in [6, 6.07) is 8.86. The molecule has 1 saturated heterocycles. The molecule has 3 rings (SSSR count). The first-order chi connectivity index (χ1) is 14.8. The number of amides is 2. The molecule has 2 aromatic carbocycles. The van der Waals surface area contributed by atoms with Gasteiger partial charge in [0.25, 0.3) is 11.6 Å². The minimum atomic E-state index is -0.814. The maximum absolute atomic E-state index is 12.9. The van der Waals surface area contributed by atoms with Crippen molar-refractivity contribution in [3.8, 4) is 5.75 Å². The van der Waals surface area contributed by atoms with Gasteiger partial charge in [0.2, 0.25) is 5.91 Å². The van der Waals surface area contributed by atoms with Gasteiger partial charge in [0, 0.05) is 24.7 Å². The number of nitro benzene ring substituents is 1. The van der Waals surface area contributed by atoms with E-state index < -0.39 is 35.1 Å². The van der Waals surface area contributed by atoms with Gasteiger partial charge in [-0.2, -0.15) is 0 Å². The highest BCUT2D eigenvalue weighted by molar-refractivity contribution is 6.01. The van der Waals surface area contributed by atoms with E-state index in [1.54, 1.807) is 0 Å². The standard InChI is InChI=1S/C20H18FN3O7/c1-30-17-9-15(24(28)29)6-7-16(17)23-10-12(8-19(23)26)20(27)31-11-18(25)22-14-4-2-13(21)3-5-14/h2-7,9,12H,8,10-11H2,1H3,(H,22,25)/t12-/m1/s1. The van der Waals surface area contributed by atoms with Crippen molar-refractivity contribution in [2.75, 3.05) is 30.5 Å². The second-order valence-corrected chi connectivity index (χ2v) is 6.68. The largest absolute Gasteiger partial charge is 0.494 e. The van der Waals surface area contributed by atoms with Crippen LogP contribution in [0.3, 0.4) is 0 Å². The number of methoxy groups -OCH3 is 1. The monoisotopic (exact) mass is 431 g/mol. The molecule has 1 aliphatic heterocycles. The highest BCUT2D eigenvalue weighted by Crippen LogP contribution is 2.35. The summed E-state index contributed by atoms with van der Waals surface area (Å²) in [6.45, 7) is -0.590. The van der Waals surface area contributed by atoms with Crippen molar-refractivity contribution < 1.29 is 33.2 Å². The topological polar surface area (TPSA) is 128 Å². The maximum Gasteiger partial charge on any atom is 0.311 e. The van der Waals surface area contributed by atoms with E-state index in [1.807, 2.05) is 0 Å². The molecule has 11 heteroatoms. The Morgan fingerprint density at radius 2 is 1.97 bits per heavy atom. The van der Waals surface area contributed by atoms with Gasteiger partial charge < -0.3 is 19.7 Å². The molecule has 10 nitrogen and oxygen atoms in total. The molecule has 0 bridgehead atoms. The van der Waals surface area contributed by atoms with Crippen LogP contribution in [0.1, 0.15) is 6.42 Å². The molecule has 0 saturated carbocycles. The van der Waals surface area contributed by atoms with Gasteiger partial charge in [0.05, 0.1) is 29.7 Å². The first-order valence-electron chi connectivity index (χ1n) is 9.13. The minimum absolute atomic E-state index is 0.0224. The van der Waals surface area contributed by atoms with Gasteiger partial charge in [-0.15, -0.1) is 0 Å². The highest BCUT2D eigenvalue weighted by Gasteiger charge is 2.37. The third-order valence-electron chi connectivity index (χ3n) is 4.60. The van der Waals surface area contributed by atoms with Crippen molar-refractivity contribution in [3.63, 3.8) is 0 Å². The molecular formula is C20H18FN3O7. The van der Waals surface area contributed by atoms with Crippen LogP contribution in [0.5, 0.6) is 5.75 Å². The lowest BCUT2D eigenvalue weighted by Gasteiger charge is -2.19. The Morgan fingerprint density at radius 3 is 2.61 bits per heavy atom. The number of carbonyl (C=O) groups excluding carboxylic acids is 3. The number of benzene rings is 2. The first-order valence-corrected chi connectivity index (χ1v) is 9.13. The fraction of sp³-hybridized carbons (Fsp3) is 0.250. The number of hydrogen-bond donors (Lipinski definition) is 1. The van der Waals surface area contributed by atoms with Crippen LogP contribution in [-0.4, -0.2) is 43.0 Å². The van der Waals surface area contributed by atoms with E-state index in [0.29, 0.717) is 11.4 Å². The molecule has 0 unspecified atom stereocenters. The molecule has 1 N–H and O–H groups in total. The highest BCUT2D eigenvalue weighted by atomic mass is 19.1. The van der Waals surface area contributed by atoms with Crippen LogP contribution in [0.4, 0.5) is 21.5 Å². The second kappa shape index (κ2) is 9.20. The average Bonchev–Trinajstić information content (AvgIpc) is 3.14. The minimum Gasteiger partial charge on any atom is -0.494 e. The van der Waals surface area contributed by atoms with Gasteiger partial charge >= 0.3 is 5.97 Å². The van der Waals surface area contributed by atoms with Crippen LogP contribution in [0, 0.1) is 21.8 Å². The Balaban J connectivity index is 1.59. The van der Waals surface area contributed by atoms with Crippen molar-refractivity contribution in [2.24, 2.45) is 5.92 Å². The lowest BCUT2D eigenvalue weighted by molar-refractivity contribution is -0.384. The van der Waals surface area contributed by atoms with Crippen molar-refractivity contribution >= 4 is 34.8 Å². The number of rotatable bonds is 7. The Hall–Kier alpha value is -4.02. The number of carbonyl (C=O) groups is 3. The fourth-order valence-corrected chi connectivity index (χ4v) is 3.09. The van der Waals surface area contributed by atoms with E-state index in [4.69, 9.17) is 9.47 Å². The normalized spacial score (nSPS) is 15.5. The van der Waals surface area contributed by atoms with Crippen LogP contribution in [0.15, 0.2) is 42.5 Å². The van der Waals surface area contributed by atoms with Crippen molar-refractivity contribution in [2.45, 2.75) is 6.42 Å². The number of nitrogens with zero attached hydrogens (tertiary/aromatic N) is 2. The lowest BCUT2D eigenvalue weighted by Crippen LogP contribution is -2.28. The van der Waals surface area contributed by atoms with Crippen molar-refractivity contribution in [3.05, 3.63) is 58.4 Å². The van der Waals surface area contributed by atoms with Crippen LogP contribution in [0.25, 0.3) is 0 Å². The van der Waals surface area contributed by atoms with E-state index in [-0.39, 0.29) is 30.3 Å². The van der Waals surface area contributed by atoms with Crippen LogP contribution >= 0.6 is 0 Å². The molecule has 1 atom stereocenters. The summed E-state index contributed by atoms with van der Waals surface area (Å²) in [4.78, 5) is 48.2. The zero-order chi connectivity index (χ0) is 22.5. The van der Waals surface area contributed by atoms with E-state index >= 15 is 0 Å². The molecular weight excluding hydrogens is 413 g/mol. The number of anilines is 2. The van der Waals surface area contributed by atoms with E-state index in [1.165, 1.54) is 54.5 Å². The van der Waals surface area contributed by atoms with Gasteiger partial charge in [-0.05, 0) is 30.3 Å². The maximum atomic E-state index is 12.9. The Morgan fingerprint density at radius 1 is 1.26 bits per heavy atom. The number of esters is 1. The molecule has 31 heavy (non-hydrogen) atoms. The molecule has 0 spiro atoms. The number of ether oxygens (including phenoxy) is 2. The molecule has 0 aliphatic carbocycles. The smallest absolute Gasteiger partial charge is 0.311 e. The van der Waals surface area contributed by atoms with Gasteiger partial charge in [0.1, 0.15) is 11.6 Å². The summed E-state index contributed by atoms with van der Waals surface area (Å²) in [5, 5.41) is 13.4. The summed E-state index contributed by atoms with van der Waals surface area (Å²) >= 11 is 0. The summed E-state index contributed by atoms with van der Waals surface area (Å²) in [5.74, 6) is -2.88. The Labute approximate surface area is 175 Å². The molecule has 2 aromatic rings. The summed E-state index contributed by atoms with van der Waals surface area (Å²) in [6.07, 6.45) is -0.140. The van der Waals surface area contributed by atoms with Crippen LogP contribution in [-0.2, 0) is 19.1 Å². The van der Waals surface area contributed by atoms with Crippen LogP contribution in [0.2, 0.25) is 0 Å². The third-order valence-corrected chi connectivity index (χ3v) is 4.60. The number of nitrogens with one attached hydrogen (secondary N) is 1. The molecule has 2 amide bonds. The average molecular weight is 431 g/mol.